The predicted molar refractivity (Wildman–Crippen MR) is 61.3 cm³/mol. The maximum absolute atomic E-state index is 11.7. The van der Waals surface area contributed by atoms with E-state index >= 15 is 0 Å². The maximum atomic E-state index is 11.7. The van der Waals surface area contributed by atoms with Crippen LogP contribution in [-0.4, -0.2) is 30.0 Å². The normalized spacial score (nSPS) is 27.5. The molecule has 0 aromatic carbocycles. The average molecular weight is 254 g/mol. The summed E-state index contributed by atoms with van der Waals surface area (Å²) in [6.45, 7) is 5.71. The smallest absolute Gasteiger partial charge is 0.229 e. The van der Waals surface area contributed by atoms with Gasteiger partial charge in [0.2, 0.25) is 5.91 Å². The van der Waals surface area contributed by atoms with Gasteiger partial charge in [0.1, 0.15) is 4.33 Å². The molecule has 1 amide bonds. The Labute approximate surface area is 100 Å². The van der Waals surface area contributed by atoms with Crippen LogP contribution in [0.1, 0.15) is 26.7 Å². The fourth-order valence-electron chi connectivity index (χ4n) is 1.36. The summed E-state index contributed by atoms with van der Waals surface area (Å²) in [6, 6.07) is 0. The number of alkyl halides is 2. The van der Waals surface area contributed by atoms with Crippen LogP contribution in [0.25, 0.3) is 0 Å². The van der Waals surface area contributed by atoms with Crippen molar-refractivity contribution in [2.45, 2.75) is 31.0 Å². The van der Waals surface area contributed by atoms with Crippen molar-refractivity contribution < 1.29 is 9.53 Å². The molecular formula is C10H17Cl2NO2. The van der Waals surface area contributed by atoms with Gasteiger partial charge in [-0.3, -0.25) is 4.79 Å². The Morgan fingerprint density at radius 1 is 1.53 bits per heavy atom. The number of halogens is 2. The van der Waals surface area contributed by atoms with Crippen molar-refractivity contribution in [2.75, 3.05) is 19.8 Å². The summed E-state index contributed by atoms with van der Waals surface area (Å²) in [5.74, 6) is -0.0657. The van der Waals surface area contributed by atoms with E-state index in [2.05, 4.69) is 5.32 Å². The molecule has 0 saturated heterocycles. The van der Waals surface area contributed by atoms with E-state index in [9.17, 15) is 4.79 Å². The summed E-state index contributed by atoms with van der Waals surface area (Å²) in [7, 11) is 0. The molecule has 1 aliphatic carbocycles. The highest BCUT2D eigenvalue weighted by Crippen LogP contribution is 2.63. The quantitative estimate of drug-likeness (QED) is 0.582. The first-order chi connectivity index (χ1) is 6.94. The SMILES string of the molecule is CCOCCCNC(=O)C1(C)CC1(Cl)Cl. The lowest BCUT2D eigenvalue weighted by Gasteiger charge is -2.12. The summed E-state index contributed by atoms with van der Waals surface area (Å²) < 4.78 is 4.28. The van der Waals surface area contributed by atoms with Gasteiger partial charge in [-0.2, -0.15) is 0 Å². The monoisotopic (exact) mass is 253 g/mol. The molecule has 3 nitrogen and oxygen atoms in total. The van der Waals surface area contributed by atoms with E-state index in [1.54, 1.807) is 6.92 Å². The fraction of sp³-hybridized carbons (Fsp3) is 0.900. The van der Waals surface area contributed by atoms with E-state index in [0.717, 1.165) is 6.42 Å². The molecule has 15 heavy (non-hydrogen) atoms. The van der Waals surface area contributed by atoms with Gasteiger partial charge in [-0.1, -0.05) is 0 Å². The van der Waals surface area contributed by atoms with E-state index in [1.165, 1.54) is 0 Å². The van der Waals surface area contributed by atoms with Crippen molar-refractivity contribution >= 4 is 29.1 Å². The van der Waals surface area contributed by atoms with Crippen molar-refractivity contribution in [2.24, 2.45) is 5.41 Å². The molecule has 0 spiro atoms. The Balaban J connectivity index is 2.15. The molecule has 0 aliphatic heterocycles. The first kappa shape index (κ1) is 13.1. The number of ether oxygens (including phenoxy) is 1. The largest absolute Gasteiger partial charge is 0.382 e. The molecule has 0 aromatic rings. The Hall–Kier alpha value is 0.01000. The van der Waals surface area contributed by atoms with Crippen LogP contribution in [0.4, 0.5) is 0 Å². The van der Waals surface area contributed by atoms with Gasteiger partial charge >= 0.3 is 0 Å². The average Bonchev–Trinajstić information content (AvgIpc) is 2.67. The zero-order valence-electron chi connectivity index (χ0n) is 9.11. The lowest BCUT2D eigenvalue weighted by molar-refractivity contribution is -0.125. The molecule has 0 bridgehead atoms. The highest BCUT2D eigenvalue weighted by atomic mass is 35.5. The molecule has 1 unspecified atom stereocenters. The van der Waals surface area contributed by atoms with E-state index in [0.29, 0.717) is 26.2 Å². The van der Waals surface area contributed by atoms with Gasteiger partial charge < -0.3 is 10.1 Å². The standard InChI is InChI=1S/C10H17Cl2NO2/c1-3-15-6-4-5-13-8(14)9(2)7-10(9,11)12/h3-7H2,1-2H3,(H,13,14). The minimum atomic E-state index is -0.878. The molecule has 5 heteroatoms. The number of carbonyl (C=O) groups is 1. The van der Waals surface area contributed by atoms with Crippen LogP contribution in [0.3, 0.4) is 0 Å². The summed E-state index contributed by atoms with van der Waals surface area (Å²) in [5, 5.41) is 2.81. The summed E-state index contributed by atoms with van der Waals surface area (Å²) >= 11 is 11.8. The second-order valence-corrected chi connectivity index (χ2v) is 5.50. The van der Waals surface area contributed by atoms with Gasteiger partial charge in [0.05, 0.1) is 5.41 Å². The van der Waals surface area contributed by atoms with Crippen molar-refractivity contribution in [1.82, 2.24) is 5.32 Å². The van der Waals surface area contributed by atoms with Gasteiger partial charge in [-0.25, -0.2) is 0 Å². The summed E-state index contributed by atoms with van der Waals surface area (Å²) in [5.41, 5.74) is -0.609. The van der Waals surface area contributed by atoms with Gasteiger partial charge in [-0.15, -0.1) is 23.2 Å². The molecule has 88 valence electrons. The number of rotatable bonds is 6. The molecule has 1 rings (SSSR count). The Morgan fingerprint density at radius 3 is 2.60 bits per heavy atom. The first-order valence-electron chi connectivity index (χ1n) is 5.18. The minimum absolute atomic E-state index is 0.0657. The van der Waals surface area contributed by atoms with Crippen LogP contribution in [0.15, 0.2) is 0 Å². The molecule has 1 saturated carbocycles. The zero-order chi connectivity index (χ0) is 11.5. The van der Waals surface area contributed by atoms with Crippen molar-refractivity contribution in [1.29, 1.82) is 0 Å². The van der Waals surface area contributed by atoms with Crippen molar-refractivity contribution in [3.8, 4) is 0 Å². The zero-order valence-corrected chi connectivity index (χ0v) is 10.6. The van der Waals surface area contributed by atoms with Gasteiger partial charge in [0.25, 0.3) is 0 Å². The third-order valence-electron chi connectivity index (χ3n) is 2.71. The Kier molecular flexibility index (Phi) is 4.27. The van der Waals surface area contributed by atoms with Crippen LogP contribution in [0.2, 0.25) is 0 Å². The second-order valence-electron chi connectivity index (χ2n) is 4.02. The summed E-state index contributed by atoms with van der Waals surface area (Å²) in [4.78, 5) is 11.7. The van der Waals surface area contributed by atoms with E-state index in [1.807, 2.05) is 6.92 Å². The first-order valence-corrected chi connectivity index (χ1v) is 5.93. The molecule has 1 N–H and O–H groups in total. The number of hydrogen-bond acceptors (Lipinski definition) is 2. The number of nitrogens with one attached hydrogen (secondary N) is 1. The van der Waals surface area contributed by atoms with Crippen LogP contribution in [-0.2, 0) is 9.53 Å². The number of hydrogen-bond donors (Lipinski definition) is 1. The third kappa shape index (κ3) is 2.99. The van der Waals surface area contributed by atoms with Crippen LogP contribution in [0, 0.1) is 5.41 Å². The molecular weight excluding hydrogens is 237 g/mol. The maximum Gasteiger partial charge on any atom is 0.229 e. The van der Waals surface area contributed by atoms with E-state index < -0.39 is 9.75 Å². The highest BCUT2D eigenvalue weighted by molar-refractivity contribution is 6.53. The van der Waals surface area contributed by atoms with Crippen LogP contribution in [0.5, 0.6) is 0 Å². The Morgan fingerprint density at radius 2 is 2.13 bits per heavy atom. The second kappa shape index (κ2) is 4.89. The van der Waals surface area contributed by atoms with Gasteiger partial charge in [0, 0.05) is 19.8 Å². The lowest BCUT2D eigenvalue weighted by Crippen LogP contribution is -2.34. The summed E-state index contributed by atoms with van der Waals surface area (Å²) in [6.07, 6.45) is 1.34. The molecule has 1 aliphatic rings. The lowest BCUT2D eigenvalue weighted by atomic mass is 10.1. The minimum Gasteiger partial charge on any atom is -0.382 e. The fourth-order valence-corrected chi connectivity index (χ4v) is 2.07. The van der Waals surface area contributed by atoms with E-state index in [-0.39, 0.29) is 5.91 Å². The van der Waals surface area contributed by atoms with Crippen molar-refractivity contribution in [3.63, 3.8) is 0 Å². The number of carbonyl (C=O) groups excluding carboxylic acids is 1. The molecule has 0 radical (unpaired) electrons. The topological polar surface area (TPSA) is 38.3 Å². The van der Waals surface area contributed by atoms with Crippen molar-refractivity contribution in [3.05, 3.63) is 0 Å². The van der Waals surface area contributed by atoms with Crippen LogP contribution >= 0.6 is 23.2 Å². The predicted octanol–water partition coefficient (Wildman–Crippen LogP) is 2.11. The highest BCUT2D eigenvalue weighted by Gasteiger charge is 2.67. The molecule has 0 heterocycles. The van der Waals surface area contributed by atoms with E-state index in [4.69, 9.17) is 27.9 Å². The van der Waals surface area contributed by atoms with Gasteiger partial charge in [-0.05, 0) is 26.7 Å². The third-order valence-corrected chi connectivity index (χ3v) is 3.82. The molecule has 1 fully saturated rings. The van der Waals surface area contributed by atoms with Crippen LogP contribution < -0.4 is 5.32 Å². The molecule has 1 atom stereocenters. The molecule has 0 aromatic heterocycles. The Bertz CT molecular complexity index is 246. The number of amides is 1. The van der Waals surface area contributed by atoms with Gasteiger partial charge in [0.15, 0.2) is 0 Å².